The number of ketones is 1. The summed E-state index contributed by atoms with van der Waals surface area (Å²) in [7, 11) is -1.46. The van der Waals surface area contributed by atoms with Crippen molar-refractivity contribution in [2.75, 3.05) is 40.7 Å². The van der Waals surface area contributed by atoms with Gasteiger partial charge in [0.25, 0.3) is 8.32 Å². The maximum Gasteiger partial charge on any atom is 0.337 e. The van der Waals surface area contributed by atoms with Gasteiger partial charge in [-0.25, -0.2) is 0 Å². The van der Waals surface area contributed by atoms with Crippen LogP contribution in [-0.2, 0) is 27.9 Å². The minimum atomic E-state index is -3.54. The highest BCUT2D eigenvalue weighted by Crippen LogP contribution is 2.50. The highest BCUT2D eigenvalue weighted by Gasteiger charge is 2.54. The molecule has 8 nitrogen and oxygen atoms in total. The molecule has 0 aliphatic carbocycles. The van der Waals surface area contributed by atoms with E-state index >= 15 is 0 Å². The molecule has 0 aromatic heterocycles. The molecule has 0 bridgehead atoms. The van der Waals surface area contributed by atoms with Gasteiger partial charge >= 0.3 is 7.60 Å². The van der Waals surface area contributed by atoms with Gasteiger partial charge in [-0.15, -0.1) is 0 Å². The fourth-order valence-corrected chi connectivity index (χ4v) is 5.55. The van der Waals surface area contributed by atoms with Crippen LogP contribution < -0.4 is 9.16 Å². The van der Waals surface area contributed by atoms with Crippen molar-refractivity contribution in [2.24, 2.45) is 5.41 Å². The van der Waals surface area contributed by atoms with Crippen LogP contribution in [0.5, 0.6) is 11.5 Å². The van der Waals surface area contributed by atoms with Gasteiger partial charge in [-0.3, -0.25) is 9.36 Å². The molecule has 0 amide bonds. The number of carbonyl (C=O) groups excluding carboxylic acids is 1. The Morgan fingerprint density at radius 3 is 2.11 bits per heavy atom. The van der Waals surface area contributed by atoms with Gasteiger partial charge in [0, 0.05) is 14.2 Å². The second-order valence-corrected chi connectivity index (χ2v) is 17.6. The van der Waals surface area contributed by atoms with Crippen LogP contribution >= 0.6 is 7.60 Å². The van der Waals surface area contributed by atoms with Crippen LogP contribution in [0, 0.1) is 5.41 Å². The van der Waals surface area contributed by atoms with E-state index in [4.69, 9.17) is 27.7 Å². The van der Waals surface area contributed by atoms with Crippen LogP contribution in [-0.4, -0.2) is 60.6 Å². The van der Waals surface area contributed by atoms with E-state index in [1.165, 1.54) is 14.2 Å². The number of hydrogen-bond donors (Lipinski definition) is 0. The summed E-state index contributed by atoms with van der Waals surface area (Å²) in [5.74, 6) is -0.368. The monoisotopic (exact) mass is 528 g/mol. The summed E-state index contributed by atoms with van der Waals surface area (Å²) in [4.78, 5) is 13.2. The largest absolute Gasteiger partial charge is 0.541 e. The molecule has 1 saturated heterocycles. The van der Waals surface area contributed by atoms with Crippen LogP contribution in [0.4, 0.5) is 0 Å². The normalized spacial score (nSPS) is 17.1. The number of rotatable bonds is 11. The number of carbonyl (C=O) groups is 1. The van der Waals surface area contributed by atoms with E-state index in [9.17, 15) is 9.36 Å². The summed E-state index contributed by atoms with van der Waals surface area (Å²) in [5, 5.41) is 0.0494. The zero-order valence-corrected chi connectivity index (χ0v) is 24.6. The molecule has 1 aromatic rings. The van der Waals surface area contributed by atoms with Gasteiger partial charge in [0.2, 0.25) is 5.79 Å². The predicted octanol–water partition coefficient (Wildman–Crippen LogP) is 5.92. The third-order valence-corrected chi connectivity index (χ3v) is 13.2. The van der Waals surface area contributed by atoms with E-state index in [0.717, 1.165) is 5.56 Å². The van der Waals surface area contributed by atoms with E-state index in [-0.39, 0.29) is 17.0 Å². The molecule has 2 rings (SSSR count). The number of methoxy groups -OCH3 is 1. The van der Waals surface area contributed by atoms with Crippen LogP contribution in [0.15, 0.2) is 24.3 Å². The minimum Gasteiger partial charge on any atom is -0.541 e. The first-order chi connectivity index (χ1) is 16.1. The zero-order chi connectivity index (χ0) is 26.7. The summed E-state index contributed by atoms with van der Waals surface area (Å²) < 4.78 is 46.5. The summed E-state index contributed by atoms with van der Waals surface area (Å²) in [6.45, 7) is 15.0. The number of Topliss-reactive ketones (excluding diaryl/α,β-unsaturated/α-hetero) is 1. The van der Waals surface area contributed by atoms with Gasteiger partial charge in [0.15, 0.2) is 11.5 Å². The highest BCUT2D eigenvalue weighted by molar-refractivity contribution is 7.54. The van der Waals surface area contributed by atoms with E-state index in [2.05, 4.69) is 33.9 Å². The van der Waals surface area contributed by atoms with Crippen molar-refractivity contribution in [3.05, 3.63) is 29.8 Å². The molecule has 0 N–H and O–H groups in total. The standard InChI is InChI=1S/C25H41O8PSi/c1-23(2,3)35(9,10)33-20-12-11-19(17-21(20)28-6)13-14-25(31-15-16-32-25)24(4,5)22(26)18-34(27,29-7)30-8/h11-14,17H,15-16,18H2,1-10H3. The highest BCUT2D eigenvalue weighted by atomic mass is 31.2. The minimum absolute atomic E-state index is 0.0494. The van der Waals surface area contributed by atoms with Crippen molar-refractivity contribution in [1.29, 1.82) is 0 Å². The molecule has 198 valence electrons. The Bertz CT molecular complexity index is 966. The summed E-state index contributed by atoms with van der Waals surface area (Å²) in [6, 6.07) is 5.69. The lowest BCUT2D eigenvalue weighted by molar-refractivity contribution is -0.192. The van der Waals surface area contributed by atoms with Crippen molar-refractivity contribution in [1.82, 2.24) is 0 Å². The molecule has 0 unspecified atom stereocenters. The second-order valence-electron chi connectivity index (χ2n) is 10.7. The van der Waals surface area contributed by atoms with Crippen molar-refractivity contribution >= 4 is 27.8 Å². The third-order valence-electron chi connectivity index (χ3n) is 7.03. The Labute approximate surface area is 210 Å². The van der Waals surface area contributed by atoms with Gasteiger partial charge in [-0.2, -0.15) is 0 Å². The number of benzene rings is 1. The van der Waals surface area contributed by atoms with Crippen LogP contribution in [0.2, 0.25) is 18.1 Å². The predicted molar refractivity (Wildman–Crippen MR) is 140 cm³/mol. The van der Waals surface area contributed by atoms with Gasteiger partial charge in [-0.1, -0.05) is 32.9 Å². The zero-order valence-electron chi connectivity index (χ0n) is 22.7. The molecule has 1 aliphatic heterocycles. The Hall–Kier alpha value is -1.48. The van der Waals surface area contributed by atoms with Crippen molar-refractivity contribution in [3.63, 3.8) is 0 Å². The fourth-order valence-electron chi connectivity index (χ4n) is 3.37. The first-order valence-corrected chi connectivity index (χ1v) is 16.3. The lowest BCUT2D eigenvalue weighted by atomic mass is 9.79. The Morgan fingerprint density at radius 1 is 1.06 bits per heavy atom. The van der Waals surface area contributed by atoms with Crippen molar-refractivity contribution < 1.29 is 37.0 Å². The van der Waals surface area contributed by atoms with Crippen molar-refractivity contribution in [3.8, 4) is 11.5 Å². The molecule has 0 atom stereocenters. The van der Waals surface area contributed by atoms with Gasteiger partial charge < -0.3 is 27.7 Å². The molecule has 35 heavy (non-hydrogen) atoms. The SMILES string of the molecule is COc1cc(C=CC2(C(C)(C)C(=O)CP(=O)(OC)OC)OCCO2)ccc1O[Si](C)(C)C(C)(C)C. The molecule has 0 spiro atoms. The van der Waals surface area contributed by atoms with Gasteiger partial charge in [0.1, 0.15) is 11.9 Å². The summed E-state index contributed by atoms with van der Waals surface area (Å²) >= 11 is 0. The first-order valence-electron chi connectivity index (χ1n) is 11.6. The molecular formula is C25H41O8PSi. The quantitative estimate of drug-likeness (QED) is 0.258. The van der Waals surface area contributed by atoms with E-state index < -0.39 is 27.1 Å². The Morgan fingerprint density at radius 2 is 1.63 bits per heavy atom. The lowest BCUT2D eigenvalue weighted by Gasteiger charge is -2.39. The number of hydrogen-bond acceptors (Lipinski definition) is 8. The average Bonchev–Trinajstić information content (AvgIpc) is 3.28. The molecule has 10 heteroatoms. The smallest absolute Gasteiger partial charge is 0.337 e. The third kappa shape index (κ3) is 6.45. The maximum atomic E-state index is 13.2. The fraction of sp³-hybridized carbons (Fsp3) is 0.640. The van der Waals surface area contributed by atoms with Crippen LogP contribution in [0.25, 0.3) is 6.08 Å². The molecule has 0 radical (unpaired) electrons. The molecule has 0 saturated carbocycles. The van der Waals surface area contributed by atoms with E-state index in [1.807, 2.05) is 24.3 Å². The summed E-state index contributed by atoms with van der Waals surface area (Å²) in [6.07, 6.45) is 3.17. The first kappa shape index (κ1) is 29.7. The molecule has 1 aromatic carbocycles. The molecular weight excluding hydrogens is 487 g/mol. The van der Waals surface area contributed by atoms with Crippen LogP contribution in [0.3, 0.4) is 0 Å². The van der Waals surface area contributed by atoms with Crippen LogP contribution in [0.1, 0.15) is 40.2 Å². The second kappa shape index (κ2) is 10.9. The maximum absolute atomic E-state index is 13.2. The van der Waals surface area contributed by atoms with Gasteiger partial charge in [0.05, 0.1) is 25.7 Å². The Balaban J connectivity index is 2.36. The van der Waals surface area contributed by atoms with E-state index in [0.29, 0.717) is 24.7 Å². The molecule has 1 fully saturated rings. The topological polar surface area (TPSA) is 89.5 Å². The molecule has 1 heterocycles. The Kier molecular flexibility index (Phi) is 9.24. The van der Waals surface area contributed by atoms with Gasteiger partial charge in [-0.05, 0) is 55.8 Å². The molecule has 1 aliphatic rings. The van der Waals surface area contributed by atoms with Crippen molar-refractivity contribution in [2.45, 2.75) is 58.5 Å². The lowest BCUT2D eigenvalue weighted by Crippen LogP contribution is -2.50. The summed E-state index contributed by atoms with van der Waals surface area (Å²) in [5.41, 5.74) is -0.340. The number of ether oxygens (including phenoxy) is 3. The average molecular weight is 529 g/mol. The van der Waals surface area contributed by atoms with E-state index in [1.54, 1.807) is 27.0 Å².